The quantitative estimate of drug-likeness (QED) is 0.224. The van der Waals surface area contributed by atoms with Gasteiger partial charge >= 0.3 is 5.97 Å². The number of aliphatic carboxylic acids is 1. The van der Waals surface area contributed by atoms with E-state index in [1.807, 2.05) is 23.1 Å². The number of fused-ring (bicyclic) bond motifs is 1. The van der Waals surface area contributed by atoms with Gasteiger partial charge in [0.15, 0.2) is 4.75 Å². The summed E-state index contributed by atoms with van der Waals surface area (Å²) in [4.78, 5) is 14.0. The number of hydrogen-bond acceptors (Lipinski definition) is 6. The van der Waals surface area contributed by atoms with E-state index in [1.165, 1.54) is 13.8 Å². The molecule has 0 aromatic heterocycles. The van der Waals surface area contributed by atoms with Gasteiger partial charge < -0.3 is 20.5 Å². The zero-order valence-corrected chi connectivity index (χ0v) is 23.7. The second kappa shape index (κ2) is 11.2. The number of piperidine rings is 1. The number of ether oxygens (including phenoxy) is 1. The Hall–Kier alpha value is -4.12. The number of benzene rings is 3. The van der Waals surface area contributed by atoms with E-state index in [0.29, 0.717) is 28.4 Å². The van der Waals surface area contributed by atoms with Crippen molar-refractivity contribution in [2.24, 2.45) is 5.73 Å². The Morgan fingerprint density at radius 3 is 2.25 bits per heavy atom. The molecule has 1 fully saturated rings. The molecule has 1 aliphatic heterocycles. The summed E-state index contributed by atoms with van der Waals surface area (Å²) >= 11 is 0. The molecule has 0 saturated carbocycles. The van der Waals surface area contributed by atoms with E-state index in [9.17, 15) is 18.3 Å². The number of hydrogen-bond donors (Lipinski definition) is 4. The van der Waals surface area contributed by atoms with E-state index >= 15 is 0 Å². The van der Waals surface area contributed by atoms with E-state index in [0.717, 1.165) is 41.0 Å². The highest BCUT2D eigenvalue weighted by Crippen LogP contribution is 2.32. The van der Waals surface area contributed by atoms with E-state index in [-0.39, 0.29) is 18.5 Å². The second-order valence-electron chi connectivity index (χ2n) is 10.5. The Kier molecular flexibility index (Phi) is 8.06. The maximum Gasteiger partial charge on any atom is 0.326 e. The molecule has 1 heterocycles. The molecule has 0 unspecified atom stereocenters. The zero-order valence-electron chi connectivity index (χ0n) is 22.8. The van der Waals surface area contributed by atoms with Gasteiger partial charge in [-0.05, 0) is 73.5 Å². The summed E-state index contributed by atoms with van der Waals surface area (Å²) in [6.45, 7) is 5.52. The Bertz CT molecular complexity index is 1540. The fourth-order valence-corrected chi connectivity index (χ4v) is 6.11. The number of amidine groups is 2. The van der Waals surface area contributed by atoms with Crippen LogP contribution in [0.1, 0.15) is 44.7 Å². The maximum atomic E-state index is 13.7. The second-order valence-corrected chi connectivity index (χ2v) is 12.9. The summed E-state index contributed by atoms with van der Waals surface area (Å²) in [5, 5.41) is 27.0. The predicted molar refractivity (Wildman–Crippen MR) is 157 cm³/mol. The number of nitrogen functional groups attached to an aromatic ring is 1. The first-order valence-corrected chi connectivity index (χ1v) is 14.4. The van der Waals surface area contributed by atoms with Crippen molar-refractivity contribution in [3.05, 3.63) is 71.8 Å². The van der Waals surface area contributed by atoms with Gasteiger partial charge in [0.1, 0.15) is 17.7 Å². The lowest BCUT2D eigenvalue weighted by Crippen LogP contribution is -2.49. The predicted octanol–water partition coefficient (Wildman–Crippen LogP) is 4.16. The molecule has 0 bridgehead atoms. The third kappa shape index (κ3) is 5.89. The third-order valence-corrected chi connectivity index (χ3v) is 9.72. The van der Waals surface area contributed by atoms with Gasteiger partial charge in [0.2, 0.25) is 0 Å². The highest BCUT2D eigenvalue weighted by molar-refractivity contribution is 7.94. The maximum absolute atomic E-state index is 13.7. The van der Waals surface area contributed by atoms with Crippen LogP contribution in [0.3, 0.4) is 0 Å². The summed E-state index contributed by atoms with van der Waals surface area (Å²) in [6, 6.07) is 17.5. The van der Waals surface area contributed by atoms with Crippen LogP contribution in [0.4, 0.5) is 5.69 Å². The summed E-state index contributed by atoms with van der Waals surface area (Å²) in [5.41, 5.74) is 7.15. The van der Waals surface area contributed by atoms with Gasteiger partial charge in [-0.15, -0.1) is 0 Å². The molecule has 0 amide bonds. The van der Waals surface area contributed by atoms with Crippen molar-refractivity contribution in [1.29, 1.82) is 10.8 Å². The van der Waals surface area contributed by atoms with Gasteiger partial charge in [0, 0.05) is 31.5 Å². The molecular weight excluding hydrogens is 530 g/mol. The minimum absolute atomic E-state index is 0.00952. The third-order valence-electron chi connectivity index (χ3n) is 7.34. The average molecular weight is 566 g/mol. The van der Waals surface area contributed by atoms with Crippen LogP contribution >= 0.6 is 0 Å². The fraction of sp³-hybridized carbons (Fsp3) is 0.345. The van der Waals surface area contributed by atoms with Crippen molar-refractivity contribution in [3.8, 4) is 5.75 Å². The molecule has 4 rings (SSSR count). The van der Waals surface area contributed by atoms with Crippen molar-refractivity contribution < 1.29 is 23.1 Å². The van der Waals surface area contributed by atoms with E-state index in [4.69, 9.17) is 21.3 Å². The Balaban J connectivity index is 1.64. The van der Waals surface area contributed by atoms with Gasteiger partial charge in [0.25, 0.3) is 10.0 Å². The van der Waals surface area contributed by atoms with Crippen LogP contribution in [0.2, 0.25) is 0 Å². The average Bonchev–Trinajstić information content (AvgIpc) is 2.91. The van der Waals surface area contributed by atoms with Gasteiger partial charge in [-0.2, -0.15) is 0 Å². The monoisotopic (exact) mass is 565 g/mol. The Labute approximate surface area is 234 Å². The summed E-state index contributed by atoms with van der Waals surface area (Å²) in [5.74, 6) is -0.392. The lowest BCUT2D eigenvalue weighted by Gasteiger charge is -2.33. The van der Waals surface area contributed by atoms with Crippen LogP contribution in [0.15, 0.2) is 60.7 Å². The van der Waals surface area contributed by atoms with Gasteiger partial charge in [-0.25, -0.2) is 8.42 Å². The number of nitrogens with zero attached hydrogens (tertiary/aromatic N) is 2. The van der Waals surface area contributed by atoms with Crippen molar-refractivity contribution >= 4 is 44.1 Å². The van der Waals surface area contributed by atoms with E-state index < -0.39 is 20.7 Å². The lowest BCUT2D eigenvalue weighted by molar-refractivity contribution is -0.139. The van der Waals surface area contributed by atoms with Crippen LogP contribution in [-0.2, 0) is 21.4 Å². The number of nitrogens with one attached hydrogen (secondary N) is 2. The van der Waals surface area contributed by atoms with Crippen LogP contribution in [0.25, 0.3) is 10.8 Å². The molecule has 212 valence electrons. The number of carboxylic acid groups (broad SMARTS) is 1. The topological polar surface area (TPSA) is 161 Å². The molecule has 0 spiro atoms. The molecule has 0 aliphatic carbocycles. The molecule has 10 nitrogen and oxygen atoms in total. The van der Waals surface area contributed by atoms with Crippen LogP contribution in [0.5, 0.6) is 5.75 Å². The number of sulfonamides is 1. The molecule has 11 heteroatoms. The summed E-state index contributed by atoms with van der Waals surface area (Å²) < 4.78 is 32.6. The van der Waals surface area contributed by atoms with Crippen LogP contribution < -0.4 is 14.8 Å². The van der Waals surface area contributed by atoms with Crippen LogP contribution in [-0.4, -0.2) is 60.0 Å². The highest BCUT2D eigenvalue weighted by Gasteiger charge is 2.46. The van der Waals surface area contributed by atoms with Crippen molar-refractivity contribution in [2.45, 2.75) is 51.0 Å². The van der Waals surface area contributed by atoms with Gasteiger partial charge in [0.05, 0.1) is 18.1 Å². The van der Waals surface area contributed by atoms with Crippen molar-refractivity contribution in [3.63, 3.8) is 0 Å². The van der Waals surface area contributed by atoms with Gasteiger partial charge in [-0.3, -0.25) is 19.9 Å². The van der Waals surface area contributed by atoms with E-state index in [1.54, 1.807) is 49.4 Å². The molecule has 40 heavy (non-hydrogen) atoms. The van der Waals surface area contributed by atoms with Crippen LogP contribution in [0, 0.1) is 10.8 Å². The number of carbonyl (C=O) groups is 1. The molecular formula is C29H35N5O5S. The molecule has 1 saturated heterocycles. The van der Waals surface area contributed by atoms with Gasteiger partial charge in [-0.1, -0.05) is 24.3 Å². The Morgan fingerprint density at radius 1 is 1.05 bits per heavy atom. The molecule has 3 aromatic rings. The van der Waals surface area contributed by atoms with Crippen molar-refractivity contribution in [1.82, 2.24) is 4.90 Å². The summed E-state index contributed by atoms with van der Waals surface area (Å²) in [6.07, 6.45) is 1.54. The number of carboxylic acids is 1. The number of rotatable bonds is 9. The zero-order chi connectivity index (χ0) is 29.2. The fourth-order valence-electron chi connectivity index (χ4n) is 4.62. The normalized spacial score (nSPS) is 14.6. The first kappa shape index (κ1) is 28.9. The lowest BCUT2D eigenvalue weighted by atomic mass is 10.0. The minimum atomic E-state index is -4.37. The van der Waals surface area contributed by atoms with Crippen molar-refractivity contribution in [2.75, 3.05) is 17.4 Å². The molecule has 0 atom stereocenters. The molecule has 5 N–H and O–H groups in total. The highest BCUT2D eigenvalue weighted by atomic mass is 32.2. The first-order chi connectivity index (χ1) is 18.8. The van der Waals surface area contributed by atoms with E-state index in [2.05, 4.69) is 0 Å². The standard InChI is InChI=1S/C29H35N5O5S/c1-19(30)33-14-12-26(13-15-33)39-25-10-8-24(9-11-25)34(40(37,38)29(2,3)28(35)36)18-20-4-5-21-6-7-22(27(31)32)17-23(21)16-20/h4-11,16-17,26,30H,12-15,18H2,1-3H3,(H3,31,32)(H,35,36). The number of likely N-dealkylation sites (tertiary alicyclic amines) is 1. The summed E-state index contributed by atoms with van der Waals surface area (Å²) in [7, 11) is -4.37. The SMILES string of the molecule is CC(=N)N1CCC(Oc2ccc(N(Cc3ccc4ccc(C(=N)N)cc4c3)S(=O)(=O)C(C)(C)C(=O)O)cc2)CC1. The Morgan fingerprint density at radius 2 is 1.68 bits per heavy atom. The molecule has 3 aromatic carbocycles. The largest absolute Gasteiger partial charge is 0.490 e. The minimum Gasteiger partial charge on any atom is -0.490 e. The smallest absolute Gasteiger partial charge is 0.326 e. The number of nitrogens with two attached hydrogens (primary N) is 1. The molecule has 1 aliphatic rings. The first-order valence-electron chi connectivity index (χ1n) is 13.0. The number of anilines is 1. The molecule has 0 radical (unpaired) electrons.